The number of hydrogen-bond acceptors (Lipinski definition) is 4. The van der Waals surface area contributed by atoms with Crippen molar-refractivity contribution >= 4 is 11.8 Å². The molecule has 1 heterocycles. The topological polar surface area (TPSA) is 49.8 Å². The van der Waals surface area contributed by atoms with Crippen molar-refractivity contribution in [2.45, 2.75) is 41.0 Å². The molecule has 0 saturated heterocycles. The van der Waals surface area contributed by atoms with Crippen LogP contribution in [0, 0.1) is 17.2 Å². The van der Waals surface area contributed by atoms with Gasteiger partial charge in [0.2, 0.25) is 5.95 Å². The Morgan fingerprint density at radius 2 is 2.00 bits per heavy atom. The van der Waals surface area contributed by atoms with Gasteiger partial charge < -0.3 is 10.6 Å². The summed E-state index contributed by atoms with van der Waals surface area (Å²) < 4.78 is 13.7. The van der Waals surface area contributed by atoms with E-state index in [4.69, 9.17) is 0 Å². The molecule has 0 spiro atoms. The Hall–Kier alpha value is -1.39. The first-order valence-electron chi connectivity index (χ1n) is 6.87. The van der Waals surface area contributed by atoms with Gasteiger partial charge >= 0.3 is 0 Å². The molecule has 0 unspecified atom stereocenters. The molecule has 0 aliphatic heterocycles. The maximum absolute atomic E-state index is 13.7. The molecule has 1 rings (SSSR count). The van der Waals surface area contributed by atoms with E-state index in [1.165, 1.54) is 6.20 Å². The van der Waals surface area contributed by atoms with Crippen LogP contribution >= 0.6 is 0 Å². The fraction of sp³-hybridized carbons (Fsp3) is 0.714. The first-order chi connectivity index (χ1) is 8.86. The maximum atomic E-state index is 13.7. The zero-order chi connectivity index (χ0) is 14.5. The van der Waals surface area contributed by atoms with Crippen LogP contribution in [0.5, 0.6) is 0 Å². The van der Waals surface area contributed by atoms with E-state index in [-0.39, 0.29) is 11.2 Å². The summed E-state index contributed by atoms with van der Waals surface area (Å²) in [4.78, 5) is 8.08. The summed E-state index contributed by atoms with van der Waals surface area (Å²) in [5.41, 5.74) is 0.0778. The molecule has 0 atom stereocenters. The third-order valence-corrected chi connectivity index (χ3v) is 3.55. The Morgan fingerprint density at radius 3 is 2.58 bits per heavy atom. The van der Waals surface area contributed by atoms with Gasteiger partial charge in [-0.15, -0.1) is 0 Å². The van der Waals surface area contributed by atoms with E-state index >= 15 is 0 Å². The zero-order valence-electron chi connectivity index (χ0n) is 12.5. The molecular weight excluding hydrogens is 243 g/mol. The lowest BCUT2D eigenvalue weighted by Gasteiger charge is -2.29. The van der Waals surface area contributed by atoms with Gasteiger partial charge in [-0.05, 0) is 17.8 Å². The number of rotatable bonds is 7. The maximum Gasteiger partial charge on any atom is 0.224 e. The van der Waals surface area contributed by atoms with Crippen molar-refractivity contribution in [3.8, 4) is 0 Å². The van der Waals surface area contributed by atoms with E-state index in [1.807, 2.05) is 0 Å². The average molecular weight is 268 g/mol. The molecule has 108 valence electrons. The summed E-state index contributed by atoms with van der Waals surface area (Å²) in [6.45, 7) is 12.1. The molecule has 5 heteroatoms. The van der Waals surface area contributed by atoms with Crippen molar-refractivity contribution in [1.82, 2.24) is 9.97 Å². The molecule has 1 aromatic rings. The molecule has 0 aromatic carbocycles. The largest absolute Gasteiger partial charge is 0.367 e. The van der Waals surface area contributed by atoms with E-state index in [0.29, 0.717) is 18.4 Å². The van der Waals surface area contributed by atoms with E-state index in [2.05, 4.69) is 55.2 Å². The molecule has 2 N–H and O–H groups in total. The van der Waals surface area contributed by atoms with E-state index in [9.17, 15) is 4.39 Å². The van der Waals surface area contributed by atoms with Crippen LogP contribution in [0.2, 0.25) is 0 Å². The second-order valence-corrected chi connectivity index (χ2v) is 5.81. The van der Waals surface area contributed by atoms with Gasteiger partial charge in [-0.25, -0.2) is 9.37 Å². The van der Waals surface area contributed by atoms with Crippen molar-refractivity contribution in [1.29, 1.82) is 0 Å². The smallest absolute Gasteiger partial charge is 0.224 e. The summed E-state index contributed by atoms with van der Waals surface area (Å²) in [5.74, 6) is 0.819. The third-order valence-electron chi connectivity index (χ3n) is 3.55. The molecule has 0 aliphatic rings. The molecule has 0 saturated carbocycles. The Balaban J connectivity index is 2.71. The average Bonchev–Trinajstić information content (AvgIpc) is 2.36. The number of nitrogens with zero attached hydrogens (tertiary/aromatic N) is 2. The van der Waals surface area contributed by atoms with Crippen LogP contribution in [0.15, 0.2) is 6.20 Å². The Morgan fingerprint density at radius 1 is 1.32 bits per heavy atom. The number of hydrogen-bond donors (Lipinski definition) is 2. The Bertz CT molecular complexity index is 404. The lowest BCUT2D eigenvalue weighted by Crippen LogP contribution is -2.29. The lowest BCUT2D eigenvalue weighted by molar-refractivity contribution is 0.269. The Labute approximate surface area is 115 Å². The molecule has 4 nitrogen and oxygen atoms in total. The molecule has 0 radical (unpaired) electrons. The second kappa shape index (κ2) is 6.68. The third kappa shape index (κ3) is 4.65. The number of aromatic nitrogens is 2. The minimum absolute atomic E-state index is 0.0778. The number of halogens is 1. The van der Waals surface area contributed by atoms with Crippen LogP contribution in [0.25, 0.3) is 0 Å². The second-order valence-electron chi connectivity index (χ2n) is 5.81. The van der Waals surface area contributed by atoms with Crippen LogP contribution in [-0.4, -0.2) is 23.1 Å². The van der Waals surface area contributed by atoms with Gasteiger partial charge in [0.25, 0.3) is 0 Å². The summed E-state index contributed by atoms with van der Waals surface area (Å²) in [7, 11) is 0. The highest BCUT2D eigenvalue weighted by molar-refractivity contribution is 5.41. The van der Waals surface area contributed by atoms with Gasteiger partial charge in [-0.1, -0.05) is 34.6 Å². The molecular formula is C14H25FN4. The SMILES string of the molecule is CCCNc1ncc(F)c(NCC(C)(C)C(C)C)n1. The highest BCUT2D eigenvalue weighted by Gasteiger charge is 2.22. The highest BCUT2D eigenvalue weighted by Crippen LogP contribution is 2.26. The normalized spacial score (nSPS) is 11.7. The summed E-state index contributed by atoms with van der Waals surface area (Å²) >= 11 is 0. The van der Waals surface area contributed by atoms with Crippen LogP contribution in [-0.2, 0) is 0 Å². The van der Waals surface area contributed by atoms with Crippen molar-refractivity contribution in [3.05, 3.63) is 12.0 Å². The fourth-order valence-corrected chi connectivity index (χ4v) is 1.33. The molecule has 1 aromatic heterocycles. The fourth-order valence-electron chi connectivity index (χ4n) is 1.33. The zero-order valence-corrected chi connectivity index (χ0v) is 12.5. The highest BCUT2D eigenvalue weighted by atomic mass is 19.1. The van der Waals surface area contributed by atoms with E-state index in [0.717, 1.165) is 13.0 Å². The van der Waals surface area contributed by atoms with Gasteiger partial charge in [-0.2, -0.15) is 4.98 Å². The molecule has 0 aliphatic carbocycles. The Kier molecular flexibility index (Phi) is 5.51. The molecule has 0 fully saturated rings. The standard InChI is InChI=1S/C14H25FN4/c1-6-7-16-13-17-8-11(15)12(19-13)18-9-14(4,5)10(2)3/h8,10H,6-7,9H2,1-5H3,(H2,16,17,18,19). The molecule has 0 amide bonds. The summed E-state index contributed by atoms with van der Waals surface area (Å²) in [6, 6.07) is 0. The van der Waals surface area contributed by atoms with Crippen LogP contribution in [0.3, 0.4) is 0 Å². The van der Waals surface area contributed by atoms with Gasteiger partial charge in [0.15, 0.2) is 11.6 Å². The van der Waals surface area contributed by atoms with Crippen molar-refractivity contribution in [2.75, 3.05) is 23.7 Å². The predicted octanol–water partition coefficient (Wildman–Crippen LogP) is 3.53. The van der Waals surface area contributed by atoms with Crippen LogP contribution in [0.1, 0.15) is 41.0 Å². The first kappa shape index (κ1) is 15.7. The van der Waals surface area contributed by atoms with E-state index < -0.39 is 5.82 Å². The molecule has 19 heavy (non-hydrogen) atoms. The monoisotopic (exact) mass is 268 g/mol. The quantitative estimate of drug-likeness (QED) is 0.794. The van der Waals surface area contributed by atoms with Gasteiger partial charge in [-0.3, -0.25) is 0 Å². The minimum Gasteiger partial charge on any atom is -0.367 e. The number of nitrogens with one attached hydrogen (secondary N) is 2. The van der Waals surface area contributed by atoms with Crippen LogP contribution < -0.4 is 10.6 Å². The van der Waals surface area contributed by atoms with Gasteiger partial charge in [0.1, 0.15) is 0 Å². The molecule has 0 bridgehead atoms. The van der Waals surface area contributed by atoms with Gasteiger partial charge in [0.05, 0.1) is 6.20 Å². The lowest BCUT2D eigenvalue weighted by atomic mass is 9.81. The van der Waals surface area contributed by atoms with Gasteiger partial charge in [0, 0.05) is 13.1 Å². The minimum atomic E-state index is -0.415. The predicted molar refractivity (Wildman–Crippen MR) is 77.9 cm³/mol. The summed E-state index contributed by atoms with van der Waals surface area (Å²) in [6.07, 6.45) is 2.18. The van der Waals surface area contributed by atoms with Crippen molar-refractivity contribution in [2.24, 2.45) is 11.3 Å². The summed E-state index contributed by atoms with van der Waals surface area (Å²) in [5, 5.41) is 6.14. The van der Waals surface area contributed by atoms with E-state index in [1.54, 1.807) is 0 Å². The van der Waals surface area contributed by atoms with Crippen LogP contribution in [0.4, 0.5) is 16.2 Å². The van der Waals surface area contributed by atoms with Crippen molar-refractivity contribution in [3.63, 3.8) is 0 Å². The first-order valence-corrected chi connectivity index (χ1v) is 6.87. The number of anilines is 2. The van der Waals surface area contributed by atoms with Crippen molar-refractivity contribution < 1.29 is 4.39 Å².